The maximum Gasteiger partial charge on any atom is 0.230 e. The zero-order chi connectivity index (χ0) is 10.6. The van der Waals surface area contributed by atoms with E-state index in [1.54, 1.807) is 13.8 Å². The topological polar surface area (TPSA) is 26.3 Å². The van der Waals surface area contributed by atoms with Gasteiger partial charge in [0.25, 0.3) is 0 Å². The number of carbonyl (C=O) groups excluding carboxylic acids is 1. The van der Waals surface area contributed by atoms with E-state index in [9.17, 15) is 4.79 Å². The number of para-hydroxylation sites is 1. The molecule has 2 nitrogen and oxygen atoms in total. The van der Waals surface area contributed by atoms with Gasteiger partial charge in [-0.3, -0.25) is 4.79 Å². The van der Waals surface area contributed by atoms with Crippen molar-refractivity contribution in [1.82, 2.24) is 0 Å². The van der Waals surface area contributed by atoms with Crippen molar-refractivity contribution in [2.45, 2.75) is 13.8 Å². The Bertz CT molecular complexity index is 306. The highest BCUT2D eigenvalue weighted by molar-refractivity contribution is 6.64. The number of hydrogen-bond donors (Lipinski definition) is 0. The molecule has 3 heteroatoms. The molecule has 0 heterocycles. The van der Waals surface area contributed by atoms with Gasteiger partial charge in [-0.2, -0.15) is 0 Å². The Morgan fingerprint density at radius 2 is 1.93 bits per heavy atom. The highest BCUT2D eigenvalue weighted by Crippen LogP contribution is 2.21. The van der Waals surface area contributed by atoms with E-state index in [4.69, 9.17) is 16.3 Å². The molecule has 0 aliphatic heterocycles. The average Bonchev–Trinajstić information content (AvgIpc) is 2.16. The third-order valence-corrected chi connectivity index (χ3v) is 2.39. The minimum absolute atomic E-state index is 0.291. The molecule has 1 aromatic rings. The largest absolute Gasteiger partial charge is 0.493 e. The van der Waals surface area contributed by atoms with Crippen LogP contribution in [-0.4, -0.2) is 11.8 Å². The average molecular weight is 213 g/mol. The molecule has 0 amide bonds. The Morgan fingerprint density at radius 3 is 2.43 bits per heavy atom. The van der Waals surface area contributed by atoms with Crippen molar-refractivity contribution < 1.29 is 9.53 Å². The summed E-state index contributed by atoms with van der Waals surface area (Å²) in [4.78, 5) is 11.0. The summed E-state index contributed by atoms with van der Waals surface area (Å²) < 4.78 is 5.43. The maximum absolute atomic E-state index is 11.0. The van der Waals surface area contributed by atoms with Crippen LogP contribution in [0.3, 0.4) is 0 Å². The summed E-state index contributed by atoms with van der Waals surface area (Å²) in [6.45, 7) is 3.80. The van der Waals surface area contributed by atoms with E-state index >= 15 is 0 Å². The second-order valence-corrected chi connectivity index (χ2v) is 4.10. The normalized spacial score (nSPS) is 11.1. The molecular formula is C11H13ClO2. The quantitative estimate of drug-likeness (QED) is 0.718. The van der Waals surface area contributed by atoms with Gasteiger partial charge in [0, 0.05) is 0 Å². The minimum atomic E-state index is -0.641. The lowest BCUT2D eigenvalue weighted by Gasteiger charge is -2.19. The van der Waals surface area contributed by atoms with Gasteiger partial charge in [0.15, 0.2) is 0 Å². The standard InChI is InChI=1S/C11H13ClO2/c1-11(2,10(12)13)8-14-9-6-4-3-5-7-9/h3-7H,8H2,1-2H3. The second-order valence-electron chi connectivity index (χ2n) is 3.76. The van der Waals surface area contributed by atoms with Crippen molar-refractivity contribution >= 4 is 16.8 Å². The number of benzene rings is 1. The predicted molar refractivity (Wildman–Crippen MR) is 56.6 cm³/mol. The van der Waals surface area contributed by atoms with Crippen LogP contribution in [0.25, 0.3) is 0 Å². The van der Waals surface area contributed by atoms with E-state index in [1.807, 2.05) is 30.3 Å². The summed E-state index contributed by atoms with van der Waals surface area (Å²) in [5, 5.41) is -0.381. The van der Waals surface area contributed by atoms with Crippen LogP contribution >= 0.6 is 11.6 Å². The summed E-state index contributed by atoms with van der Waals surface area (Å²) in [7, 11) is 0. The van der Waals surface area contributed by atoms with E-state index in [1.165, 1.54) is 0 Å². The highest BCUT2D eigenvalue weighted by atomic mass is 35.5. The molecular weight excluding hydrogens is 200 g/mol. The fraction of sp³-hybridized carbons (Fsp3) is 0.364. The summed E-state index contributed by atoms with van der Waals surface area (Å²) in [5.74, 6) is 0.749. The molecule has 0 bridgehead atoms. The molecule has 1 aromatic carbocycles. The fourth-order valence-electron chi connectivity index (χ4n) is 0.837. The molecule has 0 fully saturated rings. The van der Waals surface area contributed by atoms with Gasteiger partial charge in [0.2, 0.25) is 5.24 Å². The van der Waals surface area contributed by atoms with Gasteiger partial charge in [-0.1, -0.05) is 18.2 Å². The monoisotopic (exact) mass is 212 g/mol. The molecule has 0 unspecified atom stereocenters. The van der Waals surface area contributed by atoms with E-state index < -0.39 is 5.41 Å². The van der Waals surface area contributed by atoms with Crippen LogP contribution in [0.5, 0.6) is 5.75 Å². The van der Waals surface area contributed by atoms with Crippen LogP contribution in [0, 0.1) is 5.41 Å². The smallest absolute Gasteiger partial charge is 0.230 e. The Balaban J connectivity index is 2.53. The number of rotatable bonds is 4. The predicted octanol–water partition coefficient (Wildman–Crippen LogP) is 2.86. The first-order valence-electron chi connectivity index (χ1n) is 4.40. The van der Waals surface area contributed by atoms with Crippen molar-refractivity contribution in [3.63, 3.8) is 0 Å². The molecule has 14 heavy (non-hydrogen) atoms. The number of carbonyl (C=O) groups is 1. The van der Waals surface area contributed by atoms with Gasteiger partial charge >= 0.3 is 0 Å². The Hall–Kier alpha value is -1.02. The first-order chi connectivity index (χ1) is 6.52. The van der Waals surface area contributed by atoms with Gasteiger partial charge in [-0.05, 0) is 37.6 Å². The lowest BCUT2D eigenvalue weighted by atomic mass is 9.97. The molecule has 76 valence electrons. The minimum Gasteiger partial charge on any atom is -0.493 e. The van der Waals surface area contributed by atoms with Gasteiger partial charge in [-0.15, -0.1) is 0 Å². The van der Waals surface area contributed by atoms with Gasteiger partial charge in [0.1, 0.15) is 12.4 Å². The van der Waals surface area contributed by atoms with E-state index in [2.05, 4.69) is 0 Å². The summed E-state index contributed by atoms with van der Waals surface area (Å²) >= 11 is 5.42. The zero-order valence-electron chi connectivity index (χ0n) is 8.29. The SMILES string of the molecule is CC(C)(COc1ccccc1)C(=O)Cl. The number of hydrogen-bond acceptors (Lipinski definition) is 2. The fourth-order valence-corrected chi connectivity index (χ4v) is 0.892. The van der Waals surface area contributed by atoms with Crippen LogP contribution in [0.4, 0.5) is 0 Å². The molecule has 1 rings (SSSR count). The first kappa shape index (κ1) is 11.1. The Morgan fingerprint density at radius 1 is 1.36 bits per heavy atom. The van der Waals surface area contributed by atoms with Crippen molar-refractivity contribution in [2.24, 2.45) is 5.41 Å². The Kier molecular flexibility index (Phi) is 3.53. The third kappa shape index (κ3) is 3.04. The molecule has 0 saturated heterocycles. The molecule has 0 radical (unpaired) electrons. The van der Waals surface area contributed by atoms with Gasteiger partial charge in [-0.25, -0.2) is 0 Å². The van der Waals surface area contributed by atoms with E-state index in [-0.39, 0.29) is 5.24 Å². The zero-order valence-corrected chi connectivity index (χ0v) is 9.04. The molecule has 0 spiro atoms. The first-order valence-corrected chi connectivity index (χ1v) is 4.78. The molecule has 0 aliphatic carbocycles. The second kappa shape index (κ2) is 4.47. The van der Waals surface area contributed by atoms with Crippen LogP contribution in [-0.2, 0) is 4.79 Å². The van der Waals surface area contributed by atoms with Crippen LogP contribution in [0.1, 0.15) is 13.8 Å². The van der Waals surface area contributed by atoms with Crippen molar-refractivity contribution in [3.05, 3.63) is 30.3 Å². The summed E-state index contributed by atoms with van der Waals surface area (Å²) in [6.07, 6.45) is 0. The number of ether oxygens (including phenoxy) is 1. The molecule has 0 atom stereocenters. The van der Waals surface area contributed by atoms with Gasteiger partial charge in [0.05, 0.1) is 5.41 Å². The molecule has 0 saturated carbocycles. The van der Waals surface area contributed by atoms with Crippen LogP contribution in [0.2, 0.25) is 0 Å². The van der Waals surface area contributed by atoms with Crippen molar-refractivity contribution in [1.29, 1.82) is 0 Å². The number of halogens is 1. The van der Waals surface area contributed by atoms with E-state index in [0.29, 0.717) is 6.61 Å². The van der Waals surface area contributed by atoms with Crippen LogP contribution in [0.15, 0.2) is 30.3 Å². The third-order valence-electron chi connectivity index (χ3n) is 1.87. The van der Waals surface area contributed by atoms with Crippen molar-refractivity contribution in [3.8, 4) is 5.75 Å². The molecule has 0 aliphatic rings. The van der Waals surface area contributed by atoms with Crippen molar-refractivity contribution in [2.75, 3.05) is 6.61 Å². The summed E-state index contributed by atoms with van der Waals surface area (Å²) in [6, 6.07) is 9.35. The molecule has 0 aromatic heterocycles. The summed E-state index contributed by atoms with van der Waals surface area (Å²) in [5.41, 5.74) is -0.641. The van der Waals surface area contributed by atoms with Crippen LogP contribution < -0.4 is 4.74 Å². The van der Waals surface area contributed by atoms with E-state index in [0.717, 1.165) is 5.75 Å². The Labute approximate surface area is 88.8 Å². The van der Waals surface area contributed by atoms with Gasteiger partial charge < -0.3 is 4.74 Å². The lowest BCUT2D eigenvalue weighted by molar-refractivity contribution is -0.120. The maximum atomic E-state index is 11.0. The lowest BCUT2D eigenvalue weighted by Crippen LogP contribution is -2.27. The molecule has 0 N–H and O–H groups in total. The highest BCUT2D eigenvalue weighted by Gasteiger charge is 2.26.